The highest BCUT2D eigenvalue weighted by Crippen LogP contribution is 2.08. The fourth-order valence-corrected chi connectivity index (χ4v) is 1.54. The van der Waals surface area contributed by atoms with Crippen molar-refractivity contribution in [1.29, 1.82) is 0 Å². The normalized spacial score (nSPS) is 10.5. The van der Waals surface area contributed by atoms with Crippen molar-refractivity contribution in [3.05, 3.63) is 47.8 Å². The van der Waals surface area contributed by atoms with Crippen molar-refractivity contribution in [3.63, 3.8) is 0 Å². The summed E-state index contributed by atoms with van der Waals surface area (Å²) in [5.41, 5.74) is 8.72. The van der Waals surface area contributed by atoms with Gasteiger partial charge in [-0.15, -0.1) is 0 Å². The first-order valence-electron chi connectivity index (χ1n) is 5.09. The molecule has 0 radical (unpaired) electrons. The highest BCUT2D eigenvalue weighted by Gasteiger charge is 2.00. The van der Waals surface area contributed by atoms with Gasteiger partial charge in [0.25, 0.3) is 0 Å². The maximum atomic E-state index is 5.73. The molecule has 2 rings (SSSR count). The predicted octanol–water partition coefficient (Wildman–Crippen LogP) is 2.02. The van der Waals surface area contributed by atoms with Gasteiger partial charge in [-0.25, -0.2) is 0 Å². The second-order valence-corrected chi connectivity index (χ2v) is 3.67. The van der Waals surface area contributed by atoms with Crippen molar-refractivity contribution < 1.29 is 0 Å². The summed E-state index contributed by atoms with van der Waals surface area (Å²) in [6.45, 7) is 2.80. The van der Waals surface area contributed by atoms with Crippen LogP contribution in [0.5, 0.6) is 0 Å². The lowest BCUT2D eigenvalue weighted by Crippen LogP contribution is -2.01. The first-order valence-corrected chi connectivity index (χ1v) is 5.09. The third kappa shape index (κ3) is 2.37. The summed E-state index contributed by atoms with van der Waals surface area (Å²) in [5, 5.41) is 4.32. The molecule has 0 saturated heterocycles. The zero-order chi connectivity index (χ0) is 10.7. The van der Waals surface area contributed by atoms with Crippen LogP contribution in [0.15, 0.2) is 36.5 Å². The predicted molar refractivity (Wildman–Crippen MR) is 61.5 cm³/mol. The minimum absolute atomic E-state index is 0.767. The second-order valence-electron chi connectivity index (χ2n) is 3.67. The molecule has 0 unspecified atom stereocenters. The van der Waals surface area contributed by atoms with E-state index >= 15 is 0 Å². The SMILES string of the molecule is Cc1nn(CCc2ccccc2)cc1N. The molecule has 0 aliphatic rings. The number of benzene rings is 1. The zero-order valence-corrected chi connectivity index (χ0v) is 8.85. The number of nitrogens with two attached hydrogens (primary N) is 1. The lowest BCUT2D eigenvalue weighted by Gasteiger charge is -2.01. The lowest BCUT2D eigenvalue weighted by molar-refractivity contribution is 0.610. The monoisotopic (exact) mass is 201 g/mol. The largest absolute Gasteiger partial charge is 0.396 e. The highest BCUT2D eigenvalue weighted by molar-refractivity contribution is 5.39. The van der Waals surface area contributed by atoms with E-state index in [1.807, 2.05) is 23.9 Å². The van der Waals surface area contributed by atoms with Crippen molar-refractivity contribution in [1.82, 2.24) is 9.78 Å². The summed E-state index contributed by atoms with van der Waals surface area (Å²) >= 11 is 0. The Morgan fingerprint density at radius 2 is 2.00 bits per heavy atom. The number of anilines is 1. The number of aromatic nitrogens is 2. The number of rotatable bonds is 3. The maximum Gasteiger partial charge on any atom is 0.0822 e. The van der Waals surface area contributed by atoms with Gasteiger partial charge in [-0.3, -0.25) is 4.68 Å². The molecule has 1 aromatic heterocycles. The Bertz CT molecular complexity index is 412. The van der Waals surface area contributed by atoms with Crippen molar-refractivity contribution in [2.45, 2.75) is 19.9 Å². The summed E-state index contributed by atoms with van der Waals surface area (Å²) in [5.74, 6) is 0. The van der Waals surface area contributed by atoms with E-state index in [-0.39, 0.29) is 0 Å². The number of hydrogen-bond acceptors (Lipinski definition) is 2. The van der Waals surface area contributed by atoms with Crippen LogP contribution in [0, 0.1) is 6.92 Å². The molecule has 15 heavy (non-hydrogen) atoms. The quantitative estimate of drug-likeness (QED) is 0.825. The molecule has 0 bridgehead atoms. The van der Waals surface area contributed by atoms with Crippen LogP contribution >= 0.6 is 0 Å². The summed E-state index contributed by atoms with van der Waals surface area (Å²) in [6, 6.07) is 10.4. The van der Waals surface area contributed by atoms with Crippen LogP contribution in [-0.4, -0.2) is 9.78 Å². The van der Waals surface area contributed by atoms with Gasteiger partial charge in [0.1, 0.15) is 0 Å². The minimum atomic E-state index is 0.767. The Morgan fingerprint density at radius 3 is 2.60 bits per heavy atom. The summed E-state index contributed by atoms with van der Waals surface area (Å²) in [6.07, 6.45) is 2.87. The molecule has 3 heteroatoms. The molecule has 3 nitrogen and oxygen atoms in total. The van der Waals surface area contributed by atoms with Crippen molar-refractivity contribution in [2.24, 2.45) is 0 Å². The van der Waals surface area contributed by atoms with Gasteiger partial charge in [0, 0.05) is 12.7 Å². The van der Waals surface area contributed by atoms with Gasteiger partial charge in [-0.2, -0.15) is 5.10 Å². The Hall–Kier alpha value is -1.77. The van der Waals surface area contributed by atoms with Crippen LogP contribution in [0.2, 0.25) is 0 Å². The minimum Gasteiger partial charge on any atom is -0.396 e. The fourth-order valence-electron chi connectivity index (χ4n) is 1.54. The van der Waals surface area contributed by atoms with Gasteiger partial charge in [-0.05, 0) is 18.9 Å². The average Bonchev–Trinajstić information content (AvgIpc) is 2.57. The number of hydrogen-bond donors (Lipinski definition) is 1. The summed E-state index contributed by atoms with van der Waals surface area (Å²) in [7, 11) is 0. The molecule has 0 saturated carbocycles. The van der Waals surface area contributed by atoms with Crippen LogP contribution in [0.25, 0.3) is 0 Å². The van der Waals surface area contributed by atoms with Gasteiger partial charge in [-0.1, -0.05) is 30.3 Å². The molecule has 0 aliphatic carbocycles. The van der Waals surface area contributed by atoms with E-state index in [9.17, 15) is 0 Å². The Morgan fingerprint density at radius 1 is 1.27 bits per heavy atom. The third-order valence-corrected chi connectivity index (χ3v) is 2.46. The zero-order valence-electron chi connectivity index (χ0n) is 8.85. The topological polar surface area (TPSA) is 43.8 Å². The first kappa shape index (κ1) is 9.77. The van der Waals surface area contributed by atoms with Crippen LogP contribution in [0.1, 0.15) is 11.3 Å². The maximum absolute atomic E-state index is 5.73. The molecule has 0 atom stereocenters. The smallest absolute Gasteiger partial charge is 0.0822 e. The molecule has 1 heterocycles. The lowest BCUT2D eigenvalue weighted by atomic mass is 10.1. The number of nitrogen functional groups attached to an aromatic ring is 1. The van der Waals surface area contributed by atoms with Crippen LogP contribution in [0.3, 0.4) is 0 Å². The van der Waals surface area contributed by atoms with E-state index in [1.165, 1.54) is 5.56 Å². The number of aryl methyl sites for hydroxylation is 3. The molecule has 2 N–H and O–H groups in total. The molecule has 0 fully saturated rings. The van der Waals surface area contributed by atoms with E-state index in [2.05, 4.69) is 29.4 Å². The highest BCUT2D eigenvalue weighted by atomic mass is 15.3. The molecular weight excluding hydrogens is 186 g/mol. The average molecular weight is 201 g/mol. The molecule has 78 valence electrons. The fraction of sp³-hybridized carbons (Fsp3) is 0.250. The van der Waals surface area contributed by atoms with Gasteiger partial charge >= 0.3 is 0 Å². The Kier molecular flexibility index (Phi) is 2.72. The van der Waals surface area contributed by atoms with Gasteiger partial charge in [0.15, 0.2) is 0 Å². The van der Waals surface area contributed by atoms with Crippen LogP contribution < -0.4 is 5.73 Å². The summed E-state index contributed by atoms with van der Waals surface area (Å²) < 4.78 is 1.90. The molecule has 1 aromatic carbocycles. The Labute approximate surface area is 89.5 Å². The van der Waals surface area contributed by atoms with Gasteiger partial charge in [0.2, 0.25) is 0 Å². The standard InChI is InChI=1S/C12H15N3/c1-10-12(13)9-15(14-10)8-7-11-5-3-2-4-6-11/h2-6,9H,7-8,13H2,1H3. The van der Waals surface area contributed by atoms with E-state index in [1.54, 1.807) is 0 Å². The number of nitrogens with zero attached hydrogens (tertiary/aromatic N) is 2. The van der Waals surface area contributed by atoms with E-state index in [4.69, 9.17) is 5.73 Å². The third-order valence-electron chi connectivity index (χ3n) is 2.46. The summed E-state index contributed by atoms with van der Waals surface area (Å²) in [4.78, 5) is 0. The Balaban J connectivity index is 1.99. The van der Waals surface area contributed by atoms with Crippen LogP contribution in [0.4, 0.5) is 5.69 Å². The second kappa shape index (κ2) is 4.17. The molecule has 0 aliphatic heterocycles. The van der Waals surface area contributed by atoms with Crippen molar-refractivity contribution in [2.75, 3.05) is 5.73 Å². The van der Waals surface area contributed by atoms with E-state index < -0.39 is 0 Å². The first-order chi connectivity index (χ1) is 7.25. The molecule has 0 amide bonds. The van der Waals surface area contributed by atoms with E-state index in [0.717, 1.165) is 24.3 Å². The van der Waals surface area contributed by atoms with Gasteiger partial charge in [0.05, 0.1) is 11.4 Å². The van der Waals surface area contributed by atoms with Gasteiger partial charge < -0.3 is 5.73 Å². The van der Waals surface area contributed by atoms with Crippen molar-refractivity contribution >= 4 is 5.69 Å². The van der Waals surface area contributed by atoms with Crippen LogP contribution in [-0.2, 0) is 13.0 Å². The van der Waals surface area contributed by atoms with Crippen molar-refractivity contribution in [3.8, 4) is 0 Å². The molecule has 2 aromatic rings. The molecular formula is C12H15N3. The molecule has 0 spiro atoms. The van der Waals surface area contributed by atoms with E-state index in [0.29, 0.717) is 0 Å².